The van der Waals surface area contributed by atoms with Crippen molar-refractivity contribution in [1.29, 1.82) is 0 Å². The highest BCUT2D eigenvalue weighted by Crippen LogP contribution is 2.39. The zero-order valence-electron chi connectivity index (χ0n) is 25.0. The first-order chi connectivity index (χ1) is 21.8. The lowest BCUT2D eigenvalue weighted by molar-refractivity contribution is -0.118. The van der Waals surface area contributed by atoms with Crippen molar-refractivity contribution in [3.05, 3.63) is 76.9 Å². The SMILES string of the molecule is Cn1cncc1-c1nc2cc(-c3ccc4c(c3)NC(=O)CO4)c(F)cc2n1-c1cc(C2CCOCC2)c2c(c1)n(C)c(=O)n2C. The van der Waals surface area contributed by atoms with Crippen LogP contribution < -0.4 is 15.7 Å². The molecular weight excluding hydrogens is 577 g/mol. The van der Waals surface area contributed by atoms with Crippen LogP contribution in [0, 0.1) is 5.82 Å². The smallest absolute Gasteiger partial charge is 0.328 e. The lowest BCUT2D eigenvalue weighted by Gasteiger charge is -2.24. The number of imidazole rings is 3. The monoisotopic (exact) mass is 607 g/mol. The third kappa shape index (κ3) is 4.27. The van der Waals surface area contributed by atoms with Crippen molar-refractivity contribution in [1.82, 2.24) is 28.2 Å². The molecule has 228 valence electrons. The highest BCUT2D eigenvalue weighted by molar-refractivity contribution is 5.97. The molecule has 0 unspecified atom stereocenters. The number of benzene rings is 3. The molecule has 0 saturated carbocycles. The number of aryl methyl sites for hydroxylation is 3. The fourth-order valence-corrected chi connectivity index (χ4v) is 6.70. The molecule has 5 heterocycles. The molecule has 0 atom stereocenters. The molecule has 45 heavy (non-hydrogen) atoms. The summed E-state index contributed by atoms with van der Waals surface area (Å²) in [6.45, 7) is 1.25. The van der Waals surface area contributed by atoms with Gasteiger partial charge in [-0.2, -0.15) is 0 Å². The van der Waals surface area contributed by atoms with Gasteiger partial charge < -0.3 is 19.4 Å². The number of hydrogen-bond donors (Lipinski definition) is 1. The Labute approximate surface area is 256 Å². The minimum atomic E-state index is -0.443. The summed E-state index contributed by atoms with van der Waals surface area (Å²) in [5, 5.41) is 2.79. The molecule has 0 aliphatic carbocycles. The van der Waals surface area contributed by atoms with Crippen LogP contribution in [0.25, 0.3) is 50.4 Å². The maximum atomic E-state index is 16.1. The molecule has 2 aliphatic rings. The molecule has 1 N–H and O–H groups in total. The maximum absolute atomic E-state index is 16.1. The van der Waals surface area contributed by atoms with Crippen LogP contribution in [0.1, 0.15) is 24.3 Å². The molecule has 6 aromatic rings. The Balaban J connectivity index is 1.38. The lowest BCUT2D eigenvalue weighted by atomic mass is 9.90. The predicted molar refractivity (Wildman–Crippen MR) is 167 cm³/mol. The van der Waals surface area contributed by atoms with Crippen LogP contribution >= 0.6 is 0 Å². The number of anilines is 1. The van der Waals surface area contributed by atoms with E-state index < -0.39 is 5.82 Å². The average molecular weight is 608 g/mol. The number of ether oxygens (including phenoxy) is 2. The Morgan fingerprint density at radius 2 is 1.80 bits per heavy atom. The van der Waals surface area contributed by atoms with E-state index in [1.54, 1.807) is 60.0 Å². The fraction of sp³-hybridized carbons (Fsp3) is 0.273. The summed E-state index contributed by atoms with van der Waals surface area (Å²) in [7, 11) is 5.46. The molecule has 0 spiro atoms. The highest BCUT2D eigenvalue weighted by Gasteiger charge is 2.26. The number of nitrogens with zero attached hydrogens (tertiary/aromatic N) is 6. The van der Waals surface area contributed by atoms with Crippen molar-refractivity contribution in [3.8, 4) is 34.1 Å². The van der Waals surface area contributed by atoms with Crippen molar-refractivity contribution >= 4 is 33.7 Å². The van der Waals surface area contributed by atoms with Crippen molar-refractivity contribution < 1.29 is 18.7 Å². The maximum Gasteiger partial charge on any atom is 0.328 e. The first-order valence-electron chi connectivity index (χ1n) is 14.8. The van der Waals surface area contributed by atoms with E-state index >= 15 is 4.39 Å². The predicted octanol–water partition coefficient (Wildman–Crippen LogP) is 4.65. The summed E-state index contributed by atoms with van der Waals surface area (Å²) >= 11 is 0. The van der Waals surface area contributed by atoms with Gasteiger partial charge in [0.15, 0.2) is 12.4 Å². The van der Waals surface area contributed by atoms with Crippen LogP contribution in [-0.2, 0) is 30.7 Å². The quantitative estimate of drug-likeness (QED) is 0.313. The van der Waals surface area contributed by atoms with Crippen LogP contribution in [0.5, 0.6) is 5.75 Å². The molecule has 1 saturated heterocycles. The molecule has 8 rings (SSSR count). The van der Waals surface area contributed by atoms with Gasteiger partial charge in [-0.3, -0.25) is 18.5 Å². The number of carbonyl (C=O) groups is 1. The fourth-order valence-electron chi connectivity index (χ4n) is 6.70. The van der Waals surface area contributed by atoms with Gasteiger partial charge >= 0.3 is 5.69 Å². The summed E-state index contributed by atoms with van der Waals surface area (Å²) in [5.41, 5.74) is 6.70. The Morgan fingerprint density at radius 1 is 0.978 bits per heavy atom. The van der Waals surface area contributed by atoms with Crippen molar-refractivity contribution in [3.63, 3.8) is 0 Å². The third-order valence-corrected chi connectivity index (χ3v) is 9.01. The van der Waals surface area contributed by atoms with E-state index in [9.17, 15) is 9.59 Å². The Bertz CT molecular complexity index is 2240. The van der Waals surface area contributed by atoms with Gasteiger partial charge in [-0.05, 0) is 60.2 Å². The van der Waals surface area contributed by atoms with Crippen LogP contribution in [0.15, 0.2) is 59.8 Å². The Morgan fingerprint density at radius 3 is 2.58 bits per heavy atom. The van der Waals surface area contributed by atoms with Gasteiger partial charge in [-0.1, -0.05) is 6.07 Å². The van der Waals surface area contributed by atoms with E-state index in [0.29, 0.717) is 52.6 Å². The van der Waals surface area contributed by atoms with E-state index in [0.717, 1.165) is 40.8 Å². The molecule has 3 aromatic heterocycles. The van der Waals surface area contributed by atoms with Gasteiger partial charge in [0.1, 0.15) is 17.3 Å². The van der Waals surface area contributed by atoms with E-state index in [1.807, 2.05) is 22.2 Å². The van der Waals surface area contributed by atoms with E-state index in [4.69, 9.17) is 14.5 Å². The van der Waals surface area contributed by atoms with E-state index in [2.05, 4.69) is 16.4 Å². The number of hydrogen-bond acceptors (Lipinski definition) is 6. The minimum Gasteiger partial charge on any atom is -0.482 e. The van der Waals surface area contributed by atoms with Crippen molar-refractivity contribution in [2.45, 2.75) is 18.8 Å². The summed E-state index contributed by atoms with van der Waals surface area (Å²) in [6.07, 6.45) is 5.11. The van der Waals surface area contributed by atoms with Crippen molar-refractivity contribution in [2.75, 3.05) is 25.1 Å². The van der Waals surface area contributed by atoms with Gasteiger partial charge in [-0.25, -0.2) is 19.2 Å². The summed E-state index contributed by atoms with van der Waals surface area (Å²) in [6, 6.07) is 12.5. The third-order valence-electron chi connectivity index (χ3n) is 9.01. The topological polar surface area (TPSA) is 110 Å². The summed E-state index contributed by atoms with van der Waals surface area (Å²) in [4.78, 5) is 34.4. The normalized spacial score (nSPS) is 15.4. The number of amides is 1. The standard InChI is InChI=1S/C33H30FN7O4/c1-38-17-35-15-28(38)32-37-24-13-21(19-4-5-29-25(10-19)36-30(42)16-45-29)23(34)14-26(24)41(32)20-11-22(18-6-8-44-9-7-18)31-27(12-20)39(2)33(43)40(31)3/h4-5,10-15,17-18H,6-9,16H2,1-3H3,(H,36,42). The Hall–Kier alpha value is -5.23. The van der Waals surface area contributed by atoms with E-state index in [-0.39, 0.29) is 24.1 Å². The number of rotatable bonds is 4. The average Bonchev–Trinajstić information content (AvgIpc) is 3.70. The van der Waals surface area contributed by atoms with Gasteiger partial charge in [0.05, 0.1) is 46.0 Å². The van der Waals surface area contributed by atoms with Gasteiger partial charge in [0, 0.05) is 46.0 Å². The minimum absolute atomic E-state index is 0.0555. The first-order valence-corrected chi connectivity index (χ1v) is 14.8. The molecule has 2 aliphatic heterocycles. The van der Waals surface area contributed by atoms with Crippen LogP contribution in [0.3, 0.4) is 0 Å². The largest absolute Gasteiger partial charge is 0.482 e. The van der Waals surface area contributed by atoms with Crippen LogP contribution in [0.4, 0.5) is 10.1 Å². The second-order valence-corrected chi connectivity index (χ2v) is 11.7. The van der Waals surface area contributed by atoms with Crippen LogP contribution in [-0.4, -0.2) is 54.0 Å². The van der Waals surface area contributed by atoms with Gasteiger partial charge in [0.2, 0.25) is 0 Å². The highest BCUT2D eigenvalue weighted by atomic mass is 19.1. The van der Waals surface area contributed by atoms with E-state index in [1.165, 1.54) is 6.07 Å². The number of aromatic nitrogens is 6. The summed E-state index contributed by atoms with van der Waals surface area (Å²) < 4.78 is 34.5. The molecule has 3 aromatic carbocycles. The number of fused-ring (bicyclic) bond motifs is 3. The van der Waals surface area contributed by atoms with Gasteiger partial charge in [0.25, 0.3) is 5.91 Å². The number of nitrogens with one attached hydrogen (secondary N) is 1. The first kappa shape index (κ1) is 27.3. The molecule has 0 radical (unpaired) electrons. The summed E-state index contributed by atoms with van der Waals surface area (Å²) in [5.74, 6) is 0.615. The molecular formula is C33H30FN7O4. The molecule has 1 amide bonds. The molecule has 1 fully saturated rings. The lowest BCUT2D eigenvalue weighted by Crippen LogP contribution is -2.25. The zero-order chi connectivity index (χ0) is 31.0. The zero-order valence-corrected chi connectivity index (χ0v) is 25.0. The Kier molecular flexibility index (Phi) is 6.17. The molecule has 11 nitrogen and oxygen atoms in total. The second-order valence-electron chi connectivity index (χ2n) is 11.7. The number of halogens is 1. The van der Waals surface area contributed by atoms with Crippen LogP contribution in [0.2, 0.25) is 0 Å². The molecule has 0 bridgehead atoms. The van der Waals surface area contributed by atoms with Gasteiger partial charge in [-0.15, -0.1) is 0 Å². The number of carbonyl (C=O) groups excluding carboxylic acids is 1. The molecule has 12 heteroatoms. The second kappa shape index (κ2) is 10.2. The van der Waals surface area contributed by atoms with Crippen molar-refractivity contribution in [2.24, 2.45) is 21.1 Å².